The van der Waals surface area contributed by atoms with Crippen LogP contribution in [0.5, 0.6) is 11.5 Å². The maximum Gasteiger partial charge on any atom is 0.162 e. The zero-order chi connectivity index (χ0) is 18.6. The van der Waals surface area contributed by atoms with E-state index >= 15 is 0 Å². The number of unbranched alkanes of at least 4 members (excludes halogenated alkanes) is 1. The lowest BCUT2D eigenvalue weighted by molar-refractivity contribution is 0.295. The lowest BCUT2D eigenvalue weighted by Crippen LogP contribution is -2.35. The van der Waals surface area contributed by atoms with Crippen LogP contribution in [-0.2, 0) is 0 Å². The van der Waals surface area contributed by atoms with Crippen LogP contribution in [0, 0.1) is 5.41 Å². The van der Waals surface area contributed by atoms with E-state index in [4.69, 9.17) is 4.74 Å². The summed E-state index contributed by atoms with van der Waals surface area (Å²) in [4.78, 5) is 3.54. The highest BCUT2D eigenvalue weighted by atomic mass is 32.2. The largest absolute Gasteiger partial charge is 0.504 e. The Labute approximate surface area is 161 Å². The lowest BCUT2D eigenvalue weighted by Gasteiger charge is -2.36. The average Bonchev–Trinajstić information content (AvgIpc) is 2.84. The van der Waals surface area contributed by atoms with Gasteiger partial charge in [0.1, 0.15) is 0 Å². The van der Waals surface area contributed by atoms with Crippen molar-refractivity contribution in [2.24, 2.45) is 5.41 Å². The van der Waals surface area contributed by atoms with Crippen molar-refractivity contribution in [2.45, 2.75) is 44.4 Å². The first-order valence-corrected chi connectivity index (χ1v) is 10.5. The number of aromatic hydroxyl groups is 1. The number of hydrogen-bond acceptors (Lipinski definition) is 4. The van der Waals surface area contributed by atoms with E-state index in [0.29, 0.717) is 5.75 Å². The van der Waals surface area contributed by atoms with Gasteiger partial charge in [-0.25, -0.2) is 0 Å². The Balaban J connectivity index is 2.09. The minimum absolute atomic E-state index is 0.212. The number of thioether (sulfide) groups is 1. The number of hydrogen-bond donors (Lipinski definition) is 1. The van der Waals surface area contributed by atoms with Gasteiger partial charge in [0.25, 0.3) is 0 Å². The highest BCUT2D eigenvalue weighted by Crippen LogP contribution is 2.49. The first-order valence-electron chi connectivity index (χ1n) is 9.49. The Hall–Kier alpha value is -1.81. The molecule has 1 heterocycles. The van der Waals surface area contributed by atoms with Crippen LogP contribution in [0.3, 0.4) is 0 Å². The second-order valence-electron chi connectivity index (χ2n) is 7.16. The number of ether oxygens (including phenoxy) is 1. The van der Waals surface area contributed by atoms with E-state index < -0.39 is 0 Å². The van der Waals surface area contributed by atoms with Crippen LogP contribution in [0.1, 0.15) is 39.5 Å². The third-order valence-corrected chi connectivity index (χ3v) is 6.85. The van der Waals surface area contributed by atoms with Gasteiger partial charge in [0.15, 0.2) is 11.5 Å². The summed E-state index contributed by atoms with van der Waals surface area (Å²) in [5.74, 6) is 1.82. The van der Waals surface area contributed by atoms with Gasteiger partial charge in [-0.05, 0) is 36.5 Å². The van der Waals surface area contributed by atoms with Crippen molar-refractivity contribution < 1.29 is 9.84 Å². The van der Waals surface area contributed by atoms with Gasteiger partial charge in [-0.3, -0.25) is 0 Å². The molecule has 0 radical (unpaired) electrons. The molecule has 26 heavy (non-hydrogen) atoms. The van der Waals surface area contributed by atoms with Gasteiger partial charge in [-0.1, -0.05) is 44.9 Å². The molecular formula is C22H29NO2S. The summed E-state index contributed by atoms with van der Waals surface area (Å²) in [5.41, 5.74) is 2.58. The van der Waals surface area contributed by atoms with Crippen molar-refractivity contribution in [1.29, 1.82) is 0 Å². The molecule has 0 amide bonds. The van der Waals surface area contributed by atoms with Crippen LogP contribution in [-0.4, -0.2) is 24.5 Å². The van der Waals surface area contributed by atoms with E-state index in [9.17, 15) is 5.11 Å². The molecule has 1 aliphatic heterocycles. The SMILES string of the molecule is CCCCC1(CC)CSc2cc(O)c(OC)cc2N(c2ccccc2)C1. The summed E-state index contributed by atoms with van der Waals surface area (Å²) >= 11 is 1.87. The minimum atomic E-state index is 0.212. The van der Waals surface area contributed by atoms with Gasteiger partial charge in [0, 0.05) is 28.9 Å². The number of phenols is 1. The van der Waals surface area contributed by atoms with E-state index in [1.54, 1.807) is 7.11 Å². The van der Waals surface area contributed by atoms with Gasteiger partial charge in [-0.15, -0.1) is 11.8 Å². The highest BCUT2D eigenvalue weighted by Gasteiger charge is 2.35. The van der Waals surface area contributed by atoms with E-state index in [2.05, 4.69) is 49.1 Å². The molecule has 3 rings (SSSR count). The number of benzene rings is 2. The number of fused-ring (bicyclic) bond motifs is 1. The third-order valence-electron chi connectivity index (χ3n) is 5.46. The Morgan fingerprint density at radius 2 is 1.96 bits per heavy atom. The number of nitrogens with zero attached hydrogens (tertiary/aromatic N) is 1. The van der Waals surface area contributed by atoms with Crippen molar-refractivity contribution in [1.82, 2.24) is 0 Å². The van der Waals surface area contributed by atoms with Gasteiger partial charge < -0.3 is 14.7 Å². The smallest absolute Gasteiger partial charge is 0.162 e. The van der Waals surface area contributed by atoms with Crippen LogP contribution >= 0.6 is 11.8 Å². The predicted octanol–water partition coefficient (Wildman–Crippen LogP) is 6.23. The summed E-state index contributed by atoms with van der Waals surface area (Å²) in [6, 6.07) is 14.4. The van der Waals surface area contributed by atoms with Crippen molar-refractivity contribution in [2.75, 3.05) is 24.3 Å². The number of para-hydroxylation sites is 1. The monoisotopic (exact) mass is 371 g/mol. The maximum atomic E-state index is 10.3. The number of rotatable bonds is 6. The first kappa shape index (κ1) is 19.0. The Bertz CT molecular complexity index is 734. The average molecular weight is 372 g/mol. The van der Waals surface area contributed by atoms with Crippen LogP contribution in [0.2, 0.25) is 0 Å². The van der Waals surface area contributed by atoms with Crippen LogP contribution in [0.4, 0.5) is 11.4 Å². The van der Waals surface area contributed by atoms with Crippen LogP contribution < -0.4 is 9.64 Å². The molecule has 4 heteroatoms. The maximum absolute atomic E-state index is 10.3. The summed E-state index contributed by atoms with van der Waals surface area (Å²) in [6.07, 6.45) is 4.86. The first-order chi connectivity index (χ1) is 12.6. The molecule has 0 fully saturated rings. The molecule has 2 aromatic rings. The van der Waals surface area contributed by atoms with Gasteiger partial charge in [0.2, 0.25) is 0 Å². The van der Waals surface area contributed by atoms with E-state index in [1.165, 1.54) is 24.9 Å². The van der Waals surface area contributed by atoms with E-state index in [-0.39, 0.29) is 11.2 Å². The fourth-order valence-corrected chi connectivity index (χ4v) is 5.07. The van der Waals surface area contributed by atoms with Crippen molar-refractivity contribution >= 4 is 23.1 Å². The highest BCUT2D eigenvalue weighted by molar-refractivity contribution is 7.99. The van der Waals surface area contributed by atoms with Gasteiger partial charge in [0.05, 0.1) is 12.8 Å². The molecule has 0 bridgehead atoms. The Kier molecular flexibility index (Phi) is 6.02. The molecule has 0 spiro atoms. The second kappa shape index (κ2) is 8.26. The molecule has 1 unspecified atom stereocenters. The lowest BCUT2D eigenvalue weighted by atomic mass is 9.81. The summed E-state index contributed by atoms with van der Waals surface area (Å²) in [6.45, 7) is 5.56. The number of anilines is 2. The minimum Gasteiger partial charge on any atom is -0.504 e. The second-order valence-corrected chi connectivity index (χ2v) is 8.18. The zero-order valence-corrected chi connectivity index (χ0v) is 16.8. The van der Waals surface area contributed by atoms with E-state index in [1.807, 2.05) is 23.9 Å². The van der Waals surface area contributed by atoms with E-state index in [0.717, 1.165) is 29.3 Å². The van der Waals surface area contributed by atoms with Crippen molar-refractivity contribution in [3.63, 3.8) is 0 Å². The van der Waals surface area contributed by atoms with Gasteiger partial charge >= 0.3 is 0 Å². The fraction of sp³-hybridized carbons (Fsp3) is 0.455. The van der Waals surface area contributed by atoms with Crippen LogP contribution in [0.25, 0.3) is 0 Å². The molecule has 1 aliphatic rings. The molecule has 2 aromatic carbocycles. The Morgan fingerprint density at radius 3 is 2.62 bits per heavy atom. The molecule has 3 nitrogen and oxygen atoms in total. The van der Waals surface area contributed by atoms with Crippen LogP contribution in [0.15, 0.2) is 47.4 Å². The predicted molar refractivity (Wildman–Crippen MR) is 111 cm³/mol. The van der Waals surface area contributed by atoms with Crippen molar-refractivity contribution in [3.8, 4) is 11.5 Å². The molecule has 0 saturated carbocycles. The normalized spacial score (nSPS) is 19.7. The quantitative estimate of drug-likeness (QED) is 0.652. The molecule has 1 N–H and O–H groups in total. The molecular weight excluding hydrogens is 342 g/mol. The summed E-state index contributed by atoms with van der Waals surface area (Å²) < 4.78 is 5.39. The fourth-order valence-electron chi connectivity index (χ4n) is 3.66. The van der Waals surface area contributed by atoms with Crippen molar-refractivity contribution in [3.05, 3.63) is 42.5 Å². The number of phenolic OH excluding ortho intramolecular Hbond substituents is 1. The number of methoxy groups -OCH3 is 1. The summed E-state index contributed by atoms with van der Waals surface area (Å²) in [7, 11) is 1.61. The topological polar surface area (TPSA) is 32.7 Å². The molecule has 0 aromatic heterocycles. The molecule has 0 saturated heterocycles. The molecule has 0 aliphatic carbocycles. The summed E-state index contributed by atoms with van der Waals surface area (Å²) in [5, 5.41) is 10.3. The standard InChI is InChI=1S/C22H29NO2S/c1-4-6-12-22(5-2)15-23(17-10-8-7-9-11-17)18-13-20(25-3)19(24)14-21(18)26-16-22/h7-11,13-14,24H,4-6,12,15-16H2,1-3H3. The molecule has 140 valence electrons. The zero-order valence-electron chi connectivity index (χ0n) is 16.0. The van der Waals surface area contributed by atoms with Gasteiger partial charge in [-0.2, -0.15) is 0 Å². The third kappa shape index (κ3) is 3.80. The molecule has 1 atom stereocenters. The Morgan fingerprint density at radius 1 is 1.19 bits per heavy atom.